The summed E-state index contributed by atoms with van der Waals surface area (Å²) in [5.41, 5.74) is 0.764. The molecule has 0 spiro atoms. The van der Waals surface area contributed by atoms with E-state index >= 15 is 0 Å². The lowest BCUT2D eigenvalue weighted by molar-refractivity contribution is -0.217. The summed E-state index contributed by atoms with van der Waals surface area (Å²) in [7, 11) is 0. The molecule has 3 N–H and O–H groups in total. The molecule has 5 atom stereocenters. The van der Waals surface area contributed by atoms with Crippen molar-refractivity contribution in [3.63, 3.8) is 0 Å². The molecular formula is C21H35F3N4O3. The average Bonchev–Trinajstić information content (AvgIpc) is 3.45. The minimum absolute atomic E-state index is 0.0407. The fourth-order valence-electron chi connectivity index (χ4n) is 5.29. The van der Waals surface area contributed by atoms with Crippen molar-refractivity contribution < 1.29 is 27.5 Å². The Morgan fingerprint density at radius 2 is 1.77 bits per heavy atom. The van der Waals surface area contributed by atoms with Crippen LogP contribution in [0.3, 0.4) is 0 Å². The third-order valence-electron chi connectivity index (χ3n) is 7.65. The molecule has 0 aromatic carbocycles. The number of hydrogen-bond acceptors (Lipinski definition) is 6. The number of rotatable bonds is 4. The van der Waals surface area contributed by atoms with Crippen molar-refractivity contribution in [3.8, 4) is 0 Å². The van der Waals surface area contributed by atoms with Crippen molar-refractivity contribution >= 4 is 5.91 Å². The topological polar surface area (TPSA) is 74.9 Å². The summed E-state index contributed by atoms with van der Waals surface area (Å²) in [6, 6.07) is 0.455. The van der Waals surface area contributed by atoms with Crippen LogP contribution in [0.1, 0.15) is 46.0 Å². The van der Waals surface area contributed by atoms with Crippen LogP contribution in [0.15, 0.2) is 0 Å². The second-order valence-corrected chi connectivity index (χ2v) is 10.0. The first kappa shape index (κ1) is 23.2. The maximum absolute atomic E-state index is 13.2. The number of piperidine rings is 2. The maximum atomic E-state index is 13.2. The SMILES string of the molecule is CC(C)(C(=O)N1CCC(C2NOC(C3CCNC(C4CCOC4)C3)N2)CC1)C(F)(F)F. The zero-order chi connectivity index (χ0) is 22.2. The molecule has 7 nitrogen and oxygen atoms in total. The normalized spacial score (nSPS) is 36.2. The molecule has 0 aromatic rings. The van der Waals surface area contributed by atoms with Crippen LogP contribution in [0.5, 0.6) is 0 Å². The zero-order valence-electron chi connectivity index (χ0n) is 18.3. The third-order valence-corrected chi connectivity index (χ3v) is 7.65. The van der Waals surface area contributed by atoms with Gasteiger partial charge in [-0.25, -0.2) is 0 Å². The average molecular weight is 449 g/mol. The Balaban J connectivity index is 1.25. The molecule has 4 fully saturated rings. The Labute approximate surface area is 181 Å². The molecule has 178 valence electrons. The van der Waals surface area contributed by atoms with Crippen LogP contribution in [0, 0.1) is 23.2 Å². The summed E-state index contributed by atoms with van der Waals surface area (Å²) in [5, 5.41) is 7.19. The summed E-state index contributed by atoms with van der Waals surface area (Å²) in [4.78, 5) is 19.7. The number of carbonyl (C=O) groups is 1. The maximum Gasteiger partial charge on any atom is 0.402 e. The van der Waals surface area contributed by atoms with Crippen LogP contribution in [0.4, 0.5) is 13.2 Å². The van der Waals surface area contributed by atoms with Crippen LogP contribution < -0.4 is 16.1 Å². The molecule has 4 saturated heterocycles. The van der Waals surface area contributed by atoms with Gasteiger partial charge >= 0.3 is 6.18 Å². The van der Waals surface area contributed by atoms with Gasteiger partial charge in [-0.1, -0.05) is 0 Å². The Hall–Kier alpha value is -0.940. The number of hydroxylamine groups is 1. The van der Waals surface area contributed by atoms with Gasteiger partial charge in [-0.15, -0.1) is 0 Å². The fraction of sp³-hybridized carbons (Fsp3) is 0.952. The molecule has 5 unspecified atom stereocenters. The number of hydrogen-bond donors (Lipinski definition) is 3. The number of nitrogens with one attached hydrogen (secondary N) is 3. The van der Waals surface area contributed by atoms with Crippen LogP contribution in [0.2, 0.25) is 0 Å². The van der Waals surface area contributed by atoms with Gasteiger partial charge in [0.1, 0.15) is 11.6 Å². The Bertz CT molecular complexity index is 634. The highest BCUT2D eigenvalue weighted by Crippen LogP contribution is 2.40. The first-order valence-electron chi connectivity index (χ1n) is 11.5. The molecule has 0 saturated carbocycles. The molecule has 31 heavy (non-hydrogen) atoms. The van der Waals surface area contributed by atoms with E-state index in [-0.39, 0.29) is 18.3 Å². The highest BCUT2D eigenvalue weighted by molar-refractivity contribution is 5.82. The molecule has 4 aliphatic rings. The minimum Gasteiger partial charge on any atom is -0.381 e. The number of nitrogens with zero attached hydrogens (tertiary/aromatic N) is 1. The highest BCUT2D eigenvalue weighted by Gasteiger charge is 2.54. The molecule has 0 bridgehead atoms. The lowest BCUT2D eigenvalue weighted by atomic mass is 9.84. The van der Waals surface area contributed by atoms with Crippen LogP contribution in [-0.4, -0.2) is 68.3 Å². The second-order valence-electron chi connectivity index (χ2n) is 10.0. The first-order valence-corrected chi connectivity index (χ1v) is 11.5. The van der Waals surface area contributed by atoms with Crippen molar-refractivity contribution in [2.24, 2.45) is 23.2 Å². The minimum atomic E-state index is -4.55. The van der Waals surface area contributed by atoms with E-state index in [2.05, 4.69) is 16.1 Å². The van der Waals surface area contributed by atoms with Gasteiger partial charge in [0.2, 0.25) is 5.91 Å². The van der Waals surface area contributed by atoms with Gasteiger partial charge in [-0.05, 0) is 64.3 Å². The van der Waals surface area contributed by atoms with E-state index in [1.807, 2.05) is 0 Å². The summed E-state index contributed by atoms with van der Waals surface area (Å²) in [6.07, 6.45) is -0.180. The number of amides is 1. The van der Waals surface area contributed by atoms with E-state index in [9.17, 15) is 18.0 Å². The highest BCUT2D eigenvalue weighted by atomic mass is 19.4. The quantitative estimate of drug-likeness (QED) is 0.611. The number of alkyl halides is 3. The van der Waals surface area contributed by atoms with E-state index in [0.29, 0.717) is 43.8 Å². The van der Waals surface area contributed by atoms with Gasteiger partial charge in [-0.2, -0.15) is 18.7 Å². The molecule has 1 amide bonds. The zero-order valence-corrected chi connectivity index (χ0v) is 18.3. The molecule has 4 rings (SSSR count). The number of ether oxygens (including phenoxy) is 1. The summed E-state index contributed by atoms with van der Waals surface area (Å²) in [6.45, 7) is 5.24. The summed E-state index contributed by atoms with van der Waals surface area (Å²) >= 11 is 0. The predicted octanol–water partition coefficient (Wildman–Crippen LogP) is 1.99. The van der Waals surface area contributed by atoms with Gasteiger partial charge in [-0.3, -0.25) is 14.9 Å². The molecule has 4 heterocycles. The largest absolute Gasteiger partial charge is 0.402 e. The van der Waals surface area contributed by atoms with Gasteiger partial charge < -0.3 is 15.0 Å². The molecular weight excluding hydrogens is 413 g/mol. The smallest absolute Gasteiger partial charge is 0.381 e. The van der Waals surface area contributed by atoms with E-state index < -0.39 is 17.5 Å². The molecule has 0 aromatic heterocycles. The standard InChI is InChI=1S/C21H35F3N4O3/c1-20(2,21(22,23)24)19(29)28-8-4-13(5-9-28)17-26-18(31-27-17)14-3-7-25-16(11-14)15-6-10-30-12-15/h13-18,25-27H,3-12H2,1-2H3. The van der Waals surface area contributed by atoms with E-state index in [1.165, 1.54) is 4.90 Å². The Morgan fingerprint density at radius 1 is 1.03 bits per heavy atom. The van der Waals surface area contributed by atoms with E-state index in [0.717, 1.165) is 52.9 Å². The Morgan fingerprint density at radius 3 is 2.42 bits per heavy atom. The number of halogens is 3. The van der Waals surface area contributed by atoms with Gasteiger partial charge in [0.15, 0.2) is 0 Å². The molecule has 10 heteroatoms. The lowest BCUT2D eigenvalue weighted by Gasteiger charge is -2.39. The summed E-state index contributed by atoms with van der Waals surface area (Å²) in [5.74, 6) is 0.342. The van der Waals surface area contributed by atoms with Gasteiger partial charge in [0, 0.05) is 31.7 Å². The van der Waals surface area contributed by atoms with Crippen molar-refractivity contribution in [1.82, 2.24) is 21.0 Å². The lowest BCUT2D eigenvalue weighted by Crippen LogP contribution is -2.53. The predicted molar refractivity (Wildman–Crippen MR) is 108 cm³/mol. The third kappa shape index (κ3) is 4.88. The van der Waals surface area contributed by atoms with Gasteiger partial charge in [0.25, 0.3) is 0 Å². The monoisotopic (exact) mass is 448 g/mol. The van der Waals surface area contributed by atoms with Crippen molar-refractivity contribution in [2.45, 2.75) is 70.6 Å². The van der Waals surface area contributed by atoms with Crippen molar-refractivity contribution in [2.75, 3.05) is 32.8 Å². The first-order chi connectivity index (χ1) is 14.7. The number of carbonyl (C=O) groups excluding carboxylic acids is 1. The van der Waals surface area contributed by atoms with Crippen LogP contribution in [-0.2, 0) is 14.4 Å². The number of likely N-dealkylation sites (tertiary alicyclic amines) is 1. The molecule has 4 aliphatic heterocycles. The van der Waals surface area contributed by atoms with Crippen LogP contribution in [0.25, 0.3) is 0 Å². The second kappa shape index (κ2) is 9.13. The molecule has 0 aliphatic carbocycles. The van der Waals surface area contributed by atoms with E-state index in [4.69, 9.17) is 9.57 Å². The van der Waals surface area contributed by atoms with Crippen LogP contribution >= 0.6 is 0 Å². The van der Waals surface area contributed by atoms with Crippen molar-refractivity contribution in [1.29, 1.82) is 0 Å². The molecule has 0 radical (unpaired) electrons. The summed E-state index contributed by atoms with van der Waals surface area (Å²) < 4.78 is 45.2. The van der Waals surface area contributed by atoms with E-state index in [1.54, 1.807) is 0 Å². The van der Waals surface area contributed by atoms with Crippen molar-refractivity contribution in [3.05, 3.63) is 0 Å². The fourth-order valence-corrected chi connectivity index (χ4v) is 5.29. The Kier molecular flexibility index (Phi) is 6.84. The van der Waals surface area contributed by atoms with Gasteiger partial charge in [0.05, 0.1) is 12.8 Å².